The Morgan fingerprint density at radius 2 is 1.95 bits per heavy atom. The van der Waals surface area contributed by atoms with Crippen molar-refractivity contribution in [3.8, 4) is 5.75 Å². The number of ether oxygens (including phenoxy) is 1. The van der Waals surface area contributed by atoms with Crippen LogP contribution in [-0.2, 0) is 24.4 Å². The van der Waals surface area contributed by atoms with Gasteiger partial charge in [-0.05, 0) is 77.9 Å². The first-order chi connectivity index (χ1) is 19.0. The van der Waals surface area contributed by atoms with E-state index in [0.29, 0.717) is 29.5 Å². The molecular formula is C30H27FN4O3S. The highest BCUT2D eigenvalue weighted by Crippen LogP contribution is 2.41. The second kappa shape index (κ2) is 10.9. The van der Waals surface area contributed by atoms with Gasteiger partial charge in [0.25, 0.3) is 5.91 Å². The van der Waals surface area contributed by atoms with Crippen molar-refractivity contribution in [2.75, 3.05) is 6.54 Å². The summed E-state index contributed by atoms with van der Waals surface area (Å²) in [6.45, 7) is 1.21. The lowest BCUT2D eigenvalue weighted by molar-refractivity contribution is -0.134. The fourth-order valence-corrected chi connectivity index (χ4v) is 5.61. The molecule has 4 aromatic rings. The average molecular weight is 543 g/mol. The molecule has 1 fully saturated rings. The summed E-state index contributed by atoms with van der Waals surface area (Å²) in [6.07, 6.45) is 5.94. The summed E-state index contributed by atoms with van der Waals surface area (Å²) in [5.74, 6) is 0.272. The number of hydrogen-bond acceptors (Lipinski definition) is 6. The van der Waals surface area contributed by atoms with Gasteiger partial charge in [0, 0.05) is 36.8 Å². The molecule has 1 saturated carbocycles. The van der Waals surface area contributed by atoms with E-state index < -0.39 is 0 Å². The Labute approximate surface area is 229 Å². The molecule has 0 radical (unpaired) electrons. The third-order valence-corrected chi connectivity index (χ3v) is 7.89. The van der Waals surface area contributed by atoms with Crippen molar-refractivity contribution in [3.63, 3.8) is 0 Å². The van der Waals surface area contributed by atoms with E-state index in [2.05, 4.69) is 15.3 Å². The number of benzene rings is 2. The van der Waals surface area contributed by atoms with Crippen molar-refractivity contribution in [2.24, 2.45) is 5.92 Å². The van der Waals surface area contributed by atoms with Crippen molar-refractivity contribution < 1.29 is 18.7 Å². The molecule has 2 aromatic carbocycles. The number of carbonyl (C=O) groups is 2. The second-order valence-electron chi connectivity index (χ2n) is 9.83. The Bertz CT molecular complexity index is 1510. The van der Waals surface area contributed by atoms with E-state index in [4.69, 9.17) is 4.74 Å². The maximum atomic E-state index is 14.2. The van der Waals surface area contributed by atoms with Crippen molar-refractivity contribution in [2.45, 2.75) is 38.5 Å². The lowest BCUT2D eigenvalue weighted by Gasteiger charge is -2.38. The van der Waals surface area contributed by atoms with E-state index >= 15 is 0 Å². The molecule has 2 amide bonds. The third kappa shape index (κ3) is 5.68. The lowest BCUT2D eigenvalue weighted by atomic mass is 9.87. The highest BCUT2D eigenvalue weighted by atomic mass is 32.1. The standard InChI is InChI=1S/C30H27FN4O3S/c31-23-3-1-2-22(14-23)28-25-15-24(7-6-20(25)10-13-35(28)30(37)21-4-5-21)38-17-27-34-26(18-39-27)29(36)33-16-19-8-11-32-12-9-19/h1-3,6-9,11-12,14-15,18,21,28H,4-5,10,13,16-17H2,(H,33,36)/t28-/m0/s1. The summed E-state index contributed by atoms with van der Waals surface area (Å²) in [7, 11) is 0. The third-order valence-electron chi connectivity index (χ3n) is 7.07. The number of halogens is 1. The predicted octanol–water partition coefficient (Wildman–Crippen LogP) is 5.07. The number of amides is 2. The topological polar surface area (TPSA) is 84.4 Å². The molecule has 1 N–H and O–H groups in total. The fourth-order valence-electron chi connectivity index (χ4n) is 4.92. The Kier molecular flexibility index (Phi) is 7.06. The van der Waals surface area contributed by atoms with E-state index in [1.165, 1.54) is 23.5 Å². The first-order valence-electron chi connectivity index (χ1n) is 13.0. The van der Waals surface area contributed by atoms with E-state index in [1.807, 2.05) is 41.3 Å². The molecule has 0 unspecified atom stereocenters. The second-order valence-corrected chi connectivity index (χ2v) is 10.8. The summed E-state index contributed by atoms with van der Waals surface area (Å²) in [5, 5.41) is 5.26. The molecule has 6 rings (SSSR count). The number of pyridine rings is 1. The van der Waals surface area contributed by atoms with Crippen LogP contribution in [0.5, 0.6) is 5.75 Å². The first kappa shape index (κ1) is 25.2. The summed E-state index contributed by atoms with van der Waals surface area (Å²) >= 11 is 1.36. The van der Waals surface area contributed by atoms with Gasteiger partial charge >= 0.3 is 0 Å². The van der Waals surface area contributed by atoms with Crippen LogP contribution in [0.3, 0.4) is 0 Å². The van der Waals surface area contributed by atoms with Crippen LogP contribution in [0.1, 0.15) is 56.6 Å². The molecule has 7 nitrogen and oxygen atoms in total. The number of carbonyl (C=O) groups excluding carboxylic acids is 2. The maximum absolute atomic E-state index is 14.2. The number of hydrogen-bond donors (Lipinski definition) is 1. The van der Waals surface area contributed by atoms with Gasteiger partial charge in [0.2, 0.25) is 5.91 Å². The predicted molar refractivity (Wildman–Crippen MR) is 145 cm³/mol. The zero-order chi connectivity index (χ0) is 26.8. The van der Waals surface area contributed by atoms with Crippen molar-refractivity contribution >= 4 is 23.2 Å². The number of rotatable bonds is 8. The minimum Gasteiger partial charge on any atom is -0.486 e. The lowest BCUT2D eigenvalue weighted by Crippen LogP contribution is -2.41. The molecule has 9 heteroatoms. The molecule has 0 saturated heterocycles. The van der Waals surface area contributed by atoms with Gasteiger partial charge in [-0.15, -0.1) is 11.3 Å². The van der Waals surface area contributed by atoms with Crippen LogP contribution in [0.25, 0.3) is 0 Å². The molecule has 198 valence electrons. The van der Waals surface area contributed by atoms with Crippen molar-refractivity contribution in [1.82, 2.24) is 20.2 Å². The minimum atomic E-state index is -0.364. The summed E-state index contributed by atoms with van der Waals surface area (Å²) in [6, 6.07) is 15.7. The summed E-state index contributed by atoms with van der Waals surface area (Å²) < 4.78 is 20.3. The van der Waals surface area contributed by atoms with Crippen LogP contribution in [-0.4, -0.2) is 33.2 Å². The van der Waals surface area contributed by atoms with Crippen LogP contribution < -0.4 is 10.1 Å². The van der Waals surface area contributed by atoms with Crippen LogP contribution in [0.2, 0.25) is 0 Å². The molecule has 1 aliphatic heterocycles. The van der Waals surface area contributed by atoms with Gasteiger partial charge in [-0.25, -0.2) is 9.37 Å². The highest BCUT2D eigenvalue weighted by Gasteiger charge is 2.39. The molecule has 1 aliphatic carbocycles. The molecule has 0 bridgehead atoms. The monoisotopic (exact) mass is 542 g/mol. The Morgan fingerprint density at radius 3 is 2.74 bits per heavy atom. The van der Waals surface area contributed by atoms with Gasteiger partial charge in [0.05, 0.1) is 6.04 Å². The van der Waals surface area contributed by atoms with E-state index in [1.54, 1.807) is 23.8 Å². The smallest absolute Gasteiger partial charge is 0.271 e. The molecule has 2 aromatic heterocycles. The van der Waals surface area contributed by atoms with Gasteiger partial charge < -0.3 is 15.0 Å². The molecule has 39 heavy (non-hydrogen) atoms. The molecule has 2 aliphatic rings. The maximum Gasteiger partial charge on any atom is 0.271 e. The molecule has 1 atom stereocenters. The normalized spacial score (nSPS) is 16.4. The first-order valence-corrected chi connectivity index (χ1v) is 13.9. The zero-order valence-corrected chi connectivity index (χ0v) is 22.0. The van der Waals surface area contributed by atoms with Crippen molar-refractivity contribution in [3.05, 3.63) is 111 Å². The van der Waals surface area contributed by atoms with Gasteiger partial charge in [0.1, 0.15) is 28.9 Å². The van der Waals surface area contributed by atoms with E-state index in [-0.39, 0.29) is 36.2 Å². The average Bonchev–Trinajstić information content (AvgIpc) is 3.71. The zero-order valence-electron chi connectivity index (χ0n) is 21.2. The number of nitrogens with one attached hydrogen (secondary N) is 1. The SMILES string of the molecule is O=C(NCc1ccncc1)c1csc(COc2ccc3c(c2)[C@H](c2cccc(F)c2)N(C(=O)C2CC2)CC3)n1. The Morgan fingerprint density at radius 1 is 1.10 bits per heavy atom. The number of nitrogens with zero attached hydrogens (tertiary/aromatic N) is 3. The van der Waals surface area contributed by atoms with Gasteiger partial charge in [0.15, 0.2) is 0 Å². The van der Waals surface area contributed by atoms with Crippen LogP contribution in [0.15, 0.2) is 72.4 Å². The summed E-state index contributed by atoms with van der Waals surface area (Å²) in [4.78, 5) is 36.0. The minimum absolute atomic E-state index is 0.0723. The van der Waals surface area contributed by atoms with Gasteiger partial charge in [-0.3, -0.25) is 14.6 Å². The number of aromatic nitrogens is 2. The van der Waals surface area contributed by atoms with Crippen LogP contribution >= 0.6 is 11.3 Å². The van der Waals surface area contributed by atoms with E-state index in [0.717, 1.165) is 41.5 Å². The van der Waals surface area contributed by atoms with E-state index in [9.17, 15) is 14.0 Å². The van der Waals surface area contributed by atoms with Crippen LogP contribution in [0.4, 0.5) is 4.39 Å². The van der Waals surface area contributed by atoms with Gasteiger partial charge in [-0.2, -0.15) is 0 Å². The molecule has 3 heterocycles. The van der Waals surface area contributed by atoms with Gasteiger partial charge in [-0.1, -0.05) is 18.2 Å². The highest BCUT2D eigenvalue weighted by molar-refractivity contribution is 7.09. The molecular weight excluding hydrogens is 515 g/mol. The Hall–Kier alpha value is -4.11. The number of thiazole rings is 1. The Balaban J connectivity index is 1.17. The number of fused-ring (bicyclic) bond motifs is 1. The summed E-state index contributed by atoms with van der Waals surface area (Å²) in [5.41, 5.74) is 4.13. The quantitative estimate of drug-likeness (QED) is 0.336. The van der Waals surface area contributed by atoms with Crippen LogP contribution in [0, 0.1) is 11.7 Å². The molecule has 0 spiro atoms. The van der Waals surface area contributed by atoms with Crippen molar-refractivity contribution in [1.29, 1.82) is 0 Å². The fraction of sp³-hybridized carbons (Fsp3) is 0.267. The largest absolute Gasteiger partial charge is 0.486 e.